The van der Waals surface area contributed by atoms with Crippen LogP contribution in [0.25, 0.3) is 0 Å². The van der Waals surface area contributed by atoms with Crippen molar-refractivity contribution in [3.8, 4) is 0 Å². The third-order valence-electron chi connectivity index (χ3n) is 3.06. The zero-order valence-electron chi connectivity index (χ0n) is 12.2. The number of nitrogens with two attached hydrogens (primary N) is 1. The molecular weight excluding hydrogens is 319 g/mol. The van der Waals surface area contributed by atoms with Crippen molar-refractivity contribution in [1.29, 1.82) is 0 Å². The van der Waals surface area contributed by atoms with Gasteiger partial charge in [0.15, 0.2) is 0 Å². The average molecular weight is 339 g/mol. The highest BCUT2D eigenvalue weighted by atomic mass is 35.5. The first-order valence-electron chi connectivity index (χ1n) is 6.32. The van der Waals surface area contributed by atoms with E-state index in [9.17, 15) is 12.8 Å². The molecule has 0 aromatic heterocycles. The Labute approximate surface area is 129 Å². The summed E-state index contributed by atoms with van der Waals surface area (Å²) < 4.78 is 45.1. The molecule has 0 atom stereocenters. The van der Waals surface area contributed by atoms with E-state index in [1.807, 2.05) is 13.8 Å². The predicted molar refractivity (Wildman–Crippen MR) is 81.3 cm³/mol. The Morgan fingerprint density at radius 1 is 1.43 bits per heavy atom. The number of hydrogen-bond acceptors (Lipinski definition) is 4. The summed E-state index contributed by atoms with van der Waals surface area (Å²) in [6.45, 7) is 4.55. The predicted octanol–water partition coefficient (Wildman–Crippen LogP) is 2.40. The van der Waals surface area contributed by atoms with Gasteiger partial charge in [0, 0.05) is 20.3 Å². The standard InChI is InChI=1S/C13H20ClFN2O3S/c1-13(2,4-5-20-3)8-17-21(18,19)12-7-11(16)10(15)6-9(12)14/h6-7,17H,4-5,8,16H2,1-3H3. The lowest BCUT2D eigenvalue weighted by Crippen LogP contribution is -2.34. The van der Waals surface area contributed by atoms with Crippen molar-refractivity contribution in [3.63, 3.8) is 0 Å². The first kappa shape index (κ1) is 18.2. The van der Waals surface area contributed by atoms with Gasteiger partial charge in [0.25, 0.3) is 0 Å². The zero-order chi connectivity index (χ0) is 16.3. The van der Waals surface area contributed by atoms with Crippen molar-refractivity contribution >= 4 is 27.3 Å². The van der Waals surface area contributed by atoms with Crippen LogP contribution in [0, 0.1) is 11.2 Å². The summed E-state index contributed by atoms with van der Waals surface area (Å²) in [6.07, 6.45) is 0.686. The molecule has 120 valence electrons. The van der Waals surface area contributed by atoms with Crippen molar-refractivity contribution in [2.45, 2.75) is 25.2 Å². The molecule has 0 aliphatic heterocycles. The van der Waals surface area contributed by atoms with Gasteiger partial charge in [0.1, 0.15) is 10.7 Å². The number of benzene rings is 1. The fourth-order valence-corrected chi connectivity index (χ4v) is 3.37. The largest absolute Gasteiger partial charge is 0.396 e. The van der Waals surface area contributed by atoms with E-state index in [0.29, 0.717) is 13.0 Å². The maximum atomic E-state index is 13.2. The van der Waals surface area contributed by atoms with E-state index in [-0.39, 0.29) is 27.6 Å². The number of nitrogens with one attached hydrogen (secondary N) is 1. The third kappa shape index (κ3) is 5.10. The van der Waals surface area contributed by atoms with Gasteiger partial charge in [-0.2, -0.15) is 0 Å². The molecule has 1 rings (SSSR count). The van der Waals surface area contributed by atoms with Crippen LogP contribution in [0.3, 0.4) is 0 Å². The maximum Gasteiger partial charge on any atom is 0.242 e. The fraction of sp³-hybridized carbons (Fsp3) is 0.538. The van der Waals surface area contributed by atoms with Gasteiger partial charge in [0.2, 0.25) is 10.0 Å². The van der Waals surface area contributed by atoms with Gasteiger partial charge < -0.3 is 10.5 Å². The van der Waals surface area contributed by atoms with Gasteiger partial charge in [-0.25, -0.2) is 17.5 Å². The highest BCUT2D eigenvalue weighted by Crippen LogP contribution is 2.27. The van der Waals surface area contributed by atoms with Crippen molar-refractivity contribution < 1.29 is 17.5 Å². The number of rotatable bonds is 7. The lowest BCUT2D eigenvalue weighted by atomic mass is 9.90. The van der Waals surface area contributed by atoms with Gasteiger partial charge in [-0.05, 0) is 24.0 Å². The fourth-order valence-electron chi connectivity index (χ4n) is 1.59. The van der Waals surface area contributed by atoms with E-state index < -0.39 is 15.8 Å². The summed E-state index contributed by atoms with van der Waals surface area (Å²) in [4.78, 5) is -0.231. The Morgan fingerprint density at radius 2 is 2.05 bits per heavy atom. The van der Waals surface area contributed by atoms with Crippen LogP contribution >= 0.6 is 11.6 Å². The summed E-state index contributed by atoms with van der Waals surface area (Å²) in [7, 11) is -2.27. The molecule has 0 radical (unpaired) electrons. The van der Waals surface area contributed by atoms with E-state index in [1.54, 1.807) is 7.11 Å². The minimum Gasteiger partial charge on any atom is -0.396 e. The molecule has 0 aliphatic rings. The third-order valence-corrected chi connectivity index (χ3v) is 4.93. The number of hydrogen-bond donors (Lipinski definition) is 2. The van der Waals surface area contributed by atoms with Crippen LogP contribution in [-0.4, -0.2) is 28.7 Å². The SMILES string of the molecule is COCCC(C)(C)CNS(=O)(=O)c1cc(N)c(F)cc1Cl. The maximum absolute atomic E-state index is 13.2. The van der Waals surface area contributed by atoms with Crippen LogP contribution in [0.15, 0.2) is 17.0 Å². The second-order valence-corrected chi connectivity index (χ2v) is 7.68. The van der Waals surface area contributed by atoms with Crippen molar-refractivity contribution in [1.82, 2.24) is 4.72 Å². The van der Waals surface area contributed by atoms with Crippen LogP contribution < -0.4 is 10.5 Å². The quantitative estimate of drug-likeness (QED) is 0.748. The minimum atomic E-state index is -3.86. The first-order valence-corrected chi connectivity index (χ1v) is 8.18. The molecule has 0 spiro atoms. The summed E-state index contributed by atoms with van der Waals surface area (Å²) in [5.74, 6) is -0.751. The van der Waals surface area contributed by atoms with Crippen LogP contribution in [0.1, 0.15) is 20.3 Å². The van der Waals surface area contributed by atoms with Crippen molar-refractivity contribution in [3.05, 3.63) is 23.0 Å². The second kappa shape index (κ2) is 6.91. The van der Waals surface area contributed by atoms with Gasteiger partial charge in [-0.1, -0.05) is 25.4 Å². The highest BCUT2D eigenvalue weighted by Gasteiger charge is 2.24. The molecule has 1 aromatic carbocycles. The van der Waals surface area contributed by atoms with Gasteiger partial charge in [-0.3, -0.25) is 0 Å². The molecule has 0 aliphatic carbocycles. The van der Waals surface area contributed by atoms with Crippen molar-refractivity contribution in [2.24, 2.45) is 5.41 Å². The van der Waals surface area contributed by atoms with E-state index >= 15 is 0 Å². The van der Waals surface area contributed by atoms with Crippen LogP contribution in [0.5, 0.6) is 0 Å². The van der Waals surface area contributed by atoms with Crippen LogP contribution in [-0.2, 0) is 14.8 Å². The Hall–Kier alpha value is -0.890. The molecule has 3 N–H and O–H groups in total. The lowest BCUT2D eigenvalue weighted by molar-refractivity contribution is 0.153. The average Bonchev–Trinajstić information content (AvgIpc) is 2.38. The minimum absolute atomic E-state index is 0.201. The van der Waals surface area contributed by atoms with E-state index in [1.165, 1.54) is 0 Å². The number of sulfonamides is 1. The molecular formula is C13H20ClFN2O3S. The molecule has 5 nitrogen and oxygen atoms in total. The molecule has 8 heteroatoms. The van der Waals surface area contributed by atoms with E-state index in [4.69, 9.17) is 22.1 Å². The summed E-state index contributed by atoms with van der Waals surface area (Å²) in [5.41, 5.74) is 4.84. The Morgan fingerprint density at radius 3 is 2.62 bits per heavy atom. The van der Waals surface area contributed by atoms with E-state index in [2.05, 4.69) is 4.72 Å². The molecule has 0 fully saturated rings. The zero-order valence-corrected chi connectivity index (χ0v) is 13.8. The highest BCUT2D eigenvalue weighted by molar-refractivity contribution is 7.89. The molecule has 0 bridgehead atoms. The lowest BCUT2D eigenvalue weighted by Gasteiger charge is -2.24. The van der Waals surface area contributed by atoms with Gasteiger partial charge in [-0.15, -0.1) is 0 Å². The van der Waals surface area contributed by atoms with Crippen molar-refractivity contribution in [2.75, 3.05) is 26.0 Å². The summed E-state index contributed by atoms with van der Waals surface area (Å²) in [5, 5.41) is -0.205. The van der Waals surface area contributed by atoms with Gasteiger partial charge >= 0.3 is 0 Å². The topological polar surface area (TPSA) is 81.4 Å². The molecule has 0 unspecified atom stereocenters. The second-order valence-electron chi connectivity index (χ2n) is 5.54. The Kier molecular flexibility index (Phi) is 5.98. The molecule has 0 amide bonds. The first-order chi connectivity index (χ1) is 9.59. The molecule has 0 saturated carbocycles. The van der Waals surface area contributed by atoms with Crippen LogP contribution in [0.4, 0.5) is 10.1 Å². The molecule has 21 heavy (non-hydrogen) atoms. The normalized spacial score (nSPS) is 12.6. The monoisotopic (exact) mass is 338 g/mol. The molecule has 1 aromatic rings. The van der Waals surface area contributed by atoms with Gasteiger partial charge in [0.05, 0.1) is 10.7 Å². The van der Waals surface area contributed by atoms with E-state index in [0.717, 1.165) is 12.1 Å². The number of methoxy groups -OCH3 is 1. The number of halogens is 2. The summed E-state index contributed by atoms with van der Waals surface area (Å²) >= 11 is 5.78. The number of anilines is 1. The Balaban J connectivity index is 2.90. The summed E-state index contributed by atoms with van der Waals surface area (Å²) in [6, 6.07) is 1.91. The number of nitrogen functional groups attached to an aromatic ring is 1. The number of ether oxygens (including phenoxy) is 1. The Bertz CT molecular complexity index is 606. The molecule has 0 heterocycles. The van der Waals surface area contributed by atoms with Crippen LogP contribution in [0.2, 0.25) is 5.02 Å². The smallest absolute Gasteiger partial charge is 0.242 e. The molecule has 0 saturated heterocycles.